The molecule has 3 aliphatic heterocycles. The van der Waals surface area contributed by atoms with E-state index in [1.807, 2.05) is 24.3 Å². The zero-order chi connectivity index (χ0) is 18.1. The summed E-state index contributed by atoms with van der Waals surface area (Å²) >= 11 is 0. The molecule has 4 nitrogen and oxygen atoms in total. The van der Waals surface area contributed by atoms with Crippen LogP contribution in [-0.2, 0) is 0 Å². The number of para-hydroxylation sites is 3. The molecule has 1 N–H and O–H groups in total. The molecule has 0 saturated carbocycles. The Hall–Kier alpha value is -2.20. The van der Waals surface area contributed by atoms with Crippen LogP contribution in [0.25, 0.3) is 0 Å². The number of fused-ring (bicyclic) bond motifs is 2. The monoisotopic (exact) mass is 364 g/mol. The number of ether oxygens (including phenoxy) is 2. The summed E-state index contributed by atoms with van der Waals surface area (Å²) in [6.45, 7) is 4.40. The molecule has 1 saturated heterocycles. The highest BCUT2D eigenvalue weighted by Crippen LogP contribution is 2.43. The number of nitrogens with zero attached hydrogens (tertiary/aromatic N) is 1. The van der Waals surface area contributed by atoms with Gasteiger partial charge in [0.1, 0.15) is 0 Å². The molecule has 1 spiro atoms. The van der Waals surface area contributed by atoms with E-state index in [0.29, 0.717) is 5.92 Å². The zero-order valence-electron chi connectivity index (χ0n) is 15.8. The fraction of sp³-hybridized carbons (Fsp3) is 0.478. The molecule has 5 rings (SSSR count). The quantitative estimate of drug-likeness (QED) is 0.785. The molecule has 4 heteroatoms. The second-order valence-corrected chi connectivity index (χ2v) is 8.06. The van der Waals surface area contributed by atoms with Crippen molar-refractivity contribution >= 4 is 5.69 Å². The average Bonchev–Trinajstić information content (AvgIpc) is 3.28. The van der Waals surface area contributed by atoms with E-state index in [1.165, 1.54) is 37.1 Å². The van der Waals surface area contributed by atoms with Crippen molar-refractivity contribution in [1.29, 1.82) is 0 Å². The van der Waals surface area contributed by atoms with E-state index in [0.717, 1.165) is 44.0 Å². The number of benzene rings is 2. The van der Waals surface area contributed by atoms with Crippen molar-refractivity contribution in [3.05, 3.63) is 54.1 Å². The molecule has 0 bridgehead atoms. The maximum Gasteiger partial charge on any atom is 0.254 e. The number of unbranched alkanes of at least 4 members (excludes halogenated alkanes) is 1. The van der Waals surface area contributed by atoms with Gasteiger partial charge in [-0.05, 0) is 43.1 Å². The Balaban J connectivity index is 1.05. The van der Waals surface area contributed by atoms with E-state index in [-0.39, 0.29) is 0 Å². The lowest BCUT2D eigenvalue weighted by Gasteiger charge is -2.37. The maximum atomic E-state index is 6.15. The third kappa shape index (κ3) is 3.39. The lowest BCUT2D eigenvalue weighted by atomic mass is 9.95. The normalized spacial score (nSPS) is 22.6. The molecule has 0 aliphatic carbocycles. The summed E-state index contributed by atoms with van der Waals surface area (Å²) in [5.41, 5.74) is 2.84. The molecular formula is C23H28N2O2. The summed E-state index contributed by atoms with van der Waals surface area (Å²) < 4.78 is 12.3. The van der Waals surface area contributed by atoms with Gasteiger partial charge in [-0.2, -0.15) is 0 Å². The molecule has 0 aromatic heterocycles. The minimum absolute atomic E-state index is 0.417. The fourth-order valence-electron chi connectivity index (χ4n) is 4.70. The third-order valence-electron chi connectivity index (χ3n) is 6.28. The predicted octanol–water partition coefficient (Wildman–Crippen LogP) is 4.63. The van der Waals surface area contributed by atoms with E-state index in [1.54, 1.807) is 0 Å². The van der Waals surface area contributed by atoms with E-state index in [9.17, 15) is 0 Å². The SMILES string of the molecule is c1ccc2c(c1)NCC2CCCCN1CCC2(CC1)Oc1ccccc1O2. The minimum Gasteiger partial charge on any atom is -0.448 e. The fourth-order valence-corrected chi connectivity index (χ4v) is 4.70. The van der Waals surface area contributed by atoms with Crippen LogP contribution in [0.5, 0.6) is 11.5 Å². The molecule has 0 radical (unpaired) electrons. The van der Waals surface area contributed by atoms with Crippen LogP contribution in [0, 0.1) is 0 Å². The number of likely N-dealkylation sites (tertiary alicyclic amines) is 1. The smallest absolute Gasteiger partial charge is 0.254 e. The Morgan fingerprint density at radius 3 is 2.41 bits per heavy atom. The topological polar surface area (TPSA) is 33.7 Å². The van der Waals surface area contributed by atoms with Crippen LogP contribution in [-0.4, -0.2) is 36.9 Å². The molecule has 1 fully saturated rings. The van der Waals surface area contributed by atoms with Gasteiger partial charge < -0.3 is 19.7 Å². The van der Waals surface area contributed by atoms with Crippen molar-refractivity contribution in [1.82, 2.24) is 4.90 Å². The first-order valence-corrected chi connectivity index (χ1v) is 10.3. The Bertz CT molecular complexity index is 771. The highest BCUT2D eigenvalue weighted by molar-refractivity contribution is 5.57. The molecule has 2 aromatic rings. The van der Waals surface area contributed by atoms with Crippen LogP contribution < -0.4 is 14.8 Å². The van der Waals surface area contributed by atoms with Gasteiger partial charge in [0.25, 0.3) is 5.79 Å². The number of hydrogen-bond donors (Lipinski definition) is 1. The van der Waals surface area contributed by atoms with Gasteiger partial charge in [0, 0.05) is 44.1 Å². The Kier molecular flexibility index (Phi) is 4.44. The first-order valence-electron chi connectivity index (χ1n) is 10.3. The predicted molar refractivity (Wildman–Crippen MR) is 108 cm³/mol. The molecule has 142 valence electrons. The van der Waals surface area contributed by atoms with Crippen molar-refractivity contribution in [2.24, 2.45) is 0 Å². The van der Waals surface area contributed by atoms with Gasteiger partial charge in [0.05, 0.1) is 0 Å². The Morgan fingerprint density at radius 1 is 0.926 bits per heavy atom. The van der Waals surface area contributed by atoms with Gasteiger partial charge in [0.2, 0.25) is 0 Å². The molecule has 3 aliphatic rings. The van der Waals surface area contributed by atoms with E-state index in [2.05, 4.69) is 34.5 Å². The number of hydrogen-bond acceptors (Lipinski definition) is 4. The van der Waals surface area contributed by atoms with Gasteiger partial charge in [-0.3, -0.25) is 0 Å². The second-order valence-electron chi connectivity index (χ2n) is 8.06. The lowest BCUT2D eigenvalue weighted by Crippen LogP contribution is -2.49. The van der Waals surface area contributed by atoms with E-state index in [4.69, 9.17) is 9.47 Å². The molecule has 27 heavy (non-hydrogen) atoms. The number of nitrogens with one attached hydrogen (secondary N) is 1. The van der Waals surface area contributed by atoms with Crippen LogP contribution in [0.2, 0.25) is 0 Å². The third-order valence-corrected chi connectivity index (χ3v) is 6.28. The van der Waals surface area contributed by atoms with Gasteiger partial charge in [-0.1, -0.05) is 36.8 Å². The van der Waals surface area contributed by atoms with Gasteiger partial charge in [0.15, 0.2) is 11.5 Å². The Morgan fingerprint density at radius 2 is 1.63 bits per heavy atom. The summed E-state index contributed by atoms with van der Waals surface area (Å²) in [5, 5.41) is 3.54. The van der Waals surface area contributed by atoms with Crippen molar-refractivity contribution in [2.75, 3.05) is 31.5 Å². The van der Waals surface area contributed by atoms with Crippen LogP contribution in [0.1, 0.15) is 43.6 Å². The lowest BCUT2D eigenvalue weighted by molar-refractivity contribution is -0.118. The highest BCUT2D eigenvalue weighted by Gasteiger charge is 2.43. The van der Waals surface area contributed by atoms with Crippen LogP contribution >= 0.6 is 0 Å². The molecule has 1 unspecified atom stereocenters. The summed E-state index contributed by atoms with van der Waals surface area (Å²) in [6, 6.07) is 16.8. The van der Waals surface area contributed by atoms with E-state index < -0.39 is 5.79 Å². The largest absolute Gasteiger partial charge is 0.448 e. The van der Waals surface area contributed by atoms with Crippen LogP contribution in [0.15, 0.2) is 48.5 Å². The molecule has 3 heterocycles. The number of piperidine rings is 1. The number of rotatable bonds is 5. The van der Waals surface area contributed by atoms with Crippen molar-refractivity contribution in [3.63, 3.8) is 0 Å². The standard InChI is InChI=1S/C23H28N2O2/c1-2-9-20-19(8-1)18(17-24-20)7-5-6-14-25-15-12-23(13-16-25)26-21-10-3-4-11-22(21)27-23/h1-4,8-11,18,24H,5-7,12-17H2. The van der Waals surface area contributed by atoms with Crippen molar-refractivity contribution in [2.45, 2.75) is 43.8 Å². The van der Waals surface area contributed by atoms with Crippen LogP contribution in [0.3, 0.4) is 0 Å². The van der Waals surface area contributed by atoms with Gasteiger partial charge in [-0.25, -0.2) is 0 Å². The van der Waals surface area contributed by atoms with Crippen molar-refractivity contribution < 1.29 is 9.47 Å². The van der Waals surface area contributed by atoms with E-state index >= 15 is 0 Å². The minimum atomic E-state index is -0.417. The second kappa shape index (κ2) is 7.08. The summed E-state index contributed by atoms with van der Waals surface area (Å²) in [4.78, 5) is 2.57. The van der Waals surface area contributed by atoms with Crippen LogP contribution in [0.4, 0.5) is 5.69 Å². The van der Waals surface area contributed by atoms with Gasteiger partial charge in [-0.15, -0.1) is 0 Å². The zero-order valence-corrected chi connectivity index (χ0v) is 15.8. The van der Waals surface area contributed by atoms with Gasteiger partial charge >= 0.3 is 0 Å². The van der Waals surface area contributed by atoms with Crippen molar-refractivity contribution in [3.8, 4) is 11.5 Å². The maximum absolute atomic E-state index is 6.15. The summed E-state index contributed by atoms with van der Waals surface area (Å²) in [5.74, 6) is 2.07. The first kappa shape index (κ1) is 16.9. The summed E-state index contributed by atoms with van der Waals surface area (Å²) in [6.07, 6.45) is 5.74. The molecule has 0 amide bonds. The average molecular weight is 364 g/mol. The molecular weight excluding hydrogens is 336 g/mol. The summed E-state index contributed by atoms with van der Waals surface area (Å²) in [7, 11) is 0. The molecule has 1 atom stereocenters. The molecule has 2 aromatic carbocycles. The Labute approximate surface area is 161 Å². The number of anilines is 1. The first-order chi connectivity index (χ1) is 13.3. The highest BCUT2D eigenvalue weighted by atomic mass is 16.7.